The Morgan fingerprint density at radius 2 is 2.17 bits per heavy atom. The maximum Gasteiger partial charge on any atom is 0.318 e. The van der Waals surface area contributed by atoms with Gasteiger partial charge in [0.25, 0.3) is 0 Å². The number of morpholine rings is 1. The number of hydrogen-bond donors (Lipinski definition) is 2. The maximum absolute atomic E-state index is 12.1. The number of nitrogens with zero attached hydrogens (tertiary/aromatic N) is 1. The van der Waals surface area contributed by atoms with Crippen LogP contribution in [0.3, 0.4) is 0 Å². The molecule has 1 aliphatic rings. The lowest BCUT2D eigenvalue weighted by molar-refractivity contribution is -0.137. The van der Waals surface area contributed by atoms with E-state index in [0.717, 1.165) is 0 Å². The first-order chi connectivity index (χ1) is 8.41. The van der Waals surface area contributed by atoms with Crippen molar-refractivity contribution in [3.05, 3.63) is 0 Å². The van der Waals surface area contributed by atoms with Crippen molar-refractivity contribution >= 4 is 12.0 Å². The van der Waals surface area contributed by atoms with Crippen molar-refractivity contribution in [1.29, 1.82) is 0 Å². The first-order valence-electron chi connectivity index (χ1n) is 6.28. The lowest BCUT2D eigenvalue weighted by Gasteiger charge is -2.35. The van der Waals surface area contributed by atoms with Crippen LogP contribution in [0.15, 0.2) is 0 Å². The molecule has 6 nitrogen and oxygen atoms in total. The fourth-order valence-corrected chi connectivity index (χ4v) is 1.91. The Hall–Kier alpha value is -1.30. The molecule has 2 N–H and O–H groups in total. The number of carboxylic acid groups (broad SMARTS) is 1. The molecule has 104 valence electrons. The average molecular weight is 258 g/mol. The van der Waals surface area contributed by atoms with Gasteiger partial charge in [-0.3, -0.25) is 4.79 Å². The van der Waals surface area contributed by atoms with E-state index in [1.54, 1.807) is 4.90 Å². The van der Waals surface area contributed by atoms with Crippen LogP contribution in [0.5, 0.6) is 0 Å². The number of carbonyl (C=O) groups is 2. The van der Waals surface area contributed by atoms with Crippen LogP contribution in [-0.2, 0) is 9.53 Å². The van der Waals surface area contributed by atoms with Crippen molar-refractivity contribution in [3.63, 3.8) is 0 Å². The minimum absolute atomic E-state index is 0.0244. The molecule has 1 fully saturated rings. The van der Waals surface area contributed by atoms with E-state index in [1.807, 2.05) is 20.8 Å². The van der Waals surface area contributed by atoms with Crippen LogP contribution < -0.4 is 5.32 Å². The largest absolute Gasteiger partial charge is 0.481 e. The quantitative estimate of drug-likeness (QED) is 0.785. The molecule has 0 saturated carbocycles. The summed E-state index contributed by atoms with van der Waals surface area (Å²) in [6.45, 7) is 7.32. The lowest BCUT2D eigenvalue weighted by Crippen LogP contribution is -2.54. The standard InChI is InChI=1S/C12H22N2O4/c1-8(2)10(6-11(15)16)13-12(17)14-4-5-18-7-9(14)3/h8-10H,4-7H2,1-3H3,(H,13,17)(H,15,16). The van der Waals surface area contributed by atoms with E-state index >= 15 is 0 Å². The molecule has 1 aliphatic heterocycles. The van der Waals surface area contributed by atoms with Crippen LogP contribution in [0.25, 0.3) is 0 Å². The zero-order valence-corrected chi connectivity index (χ0v) is 11.2. The van der Waals surface area contributed by atoms with E-state index in [1.165, 1.54) is 0 Å². The van der Waals surface area contributed by atoms with E-state index in [4.69, 9.17) is 9.84 Å². The molecule has 0 aromatic heterocycles. The molecule has 1 heterocycles. The number of ether oxygens (including phenoxy) is 1. The summed E-state index contributed by atoms with van der Waals surface area (Å²) in [5.41, 5.74) is 0. The second-order valence-corrected chi connectivity index (χ2v) is 5.02. The van der Waals surface area contributed by atoms with Gasteiger partial charge in [-0.15, -0.1) is 0 Å². The molecule has 0 aliphatic carbocycles. The predicted molar refractivity (Wildman–Crippen MR) is 66.4 cm³/mol. The number of nitrogens with one attached hydrogen (secondary N) is 1. The summed E-state index contributed by atoms with van der Waals surface area (Å²) >= 11 is 0. The van der Waals surface area contributed by atoms with E-state index < -0.39 is 5.97 Å². The number of aliphatic carboxylic acids is 1. The van der Waals surface area contributed by atoms with E-state index in [9.17, 15) is 9.59 Å². The van der Waals surface area contributed by atoms with E-state index in [-0.39, 0.29) is 30.5 Å². The van der Waals surface area contributed by atoms with Gasteiger partial charge in [-0.2, -0.15) is 0 Å². The van der Waals surface area contributed by atoms with Crippen molar-refractivity contribution in [2.45, 2.75) is 39.3 Å². The Balaban J connectivity index is 2.57. The van der Waals surface area contributed by atoms with Crippen LogP contribution in [0.1, 0.15) is 27.2 Å². The summed E-state index contributed by atoms with van der Waals surface area (Å²) in [5.74, 6) is -0.814. The van der Waals surface area contributed by atoms with Gasteiger partial charge >= 0.3 is 12.0 Å². The third-order valence-corrected chi connectivity index (χ3v) is 3.14. The Labute approximate surface area is 107 Å². The smallest absolute Gasteiger partial charge is 0.318 e. The maximum atomic E-state index is 12.1. The van der Waals surface area contributed by atoms with Crippen LogP contribution in [0.4, 0.5) is 4.79 Å². The highest BCUT2D eigenvalue weighted by Gasteiger charge is 2.27. The Bertz CT molecular complexity index is 306. The van der Waals surface area contributed by atoms with Gasteiger partial charge in [-0.05, 0) is 12.8 Å². The Morgan fingerprint density at radius 3 is 2.67 bits per heavy atom. The summed E-state index contributed by atoms with van der Waals surface area (Å²) in [6, 6.07) is -0.521. The fourth-order valence-electron chi connectivity index (χ4n) is 1.91. The first kappa shape index (κ1) is 14.8. The van der Waals surface area contributed by atoms with Crippen molar-refractivity contribution < 1.29 is 19.4 Å². The van der Waals surface area contributed by atoms with Gasteiger partial charge in [0.05, 0.1) is 25.7 Å². The van der Waals surface area contributed by atoms with Gasteiger partial charge in [0.15, 0.2) is 0 Å². The molecule has 0 aromatic rings. The van der Waals surface area contributed by atoms with Gasteiger partial charge in [0.1, 0.15) is 0 Å². The normalized spacial score (nSPS) is 21.8. The number of hydrogen-bond acceptors (Lipinski definition) is 3. The van der Waals surface area contributed by atoms with Gasteiger partial charge in [0, 0.05) is 12.6 Å². The summed E-state index contributed by atoms with van der Waals surface area (Å²) in [6.07, 6.45) is -0.0534. The SMILES string of the molecule is CC(C)C(CC(=O)O)NC(=O)N1CCOCC1C. The first-order valence-corrected chi connectivity index (χ1v) is 6.28. The summed E-state index contributed by atoms with van der Waals surface area (Å²) in [4.78, 5) is 24.5. The molecule has 0 aromatic carbocycles. The monoisotopic (exact) mass is 258 g/mol. The molecule has 0 bridgehead atoms. The third kappa shape index (κ3) is 4.18. The fraction of sp³-hybridized carbons (Fsp3) is 0.833. The molecule has 2 unspecified atom stereocenters. The Kier molecular flexibility index (Phi) is 5.40. The highest BCUT2D eigenvalue weighted by atomic mass is 16.5. The molecule has 1 rings (SSSR count). The lowest BCUT2D eigenvalue weighted by atomic mass is 10.0. The number of carbonyl (C=O) groups excluding carboxylic acids is 1. The van der Waals surface area contributed by atoms with Crippen molar-refractivity contribution in [2.75, 3.05) is 19.8 Å². The summed E-state index contributed by atoms with van der Waals surface area (Å²) in [5, 5.41) is 11.6. The molecule has 18 heavy (non-hydrogen) atoms. The van der Waals surface area contributed by atoms with Gasteiger partial charge in [0.2, 0.25) is 0 Å². The predicted octanol–water partition coefficient (Wildman–Crippen LogP) is 0.916. The highest BCUT2D eigenvalue weighted by Crippen LogP contribution is 2.10. The number of rotatable bonds is 4. The van der Waals surface area contributed by atoms with Crippen LogP contribution in [0.2, 0.25) is 0 Å². The third-order valence-electron chi connectivity index (χ3n) is 3.14. The minimum Gasteiger partial charge on any atom is -0.481 e. The molecule has 1 saturated heterocycles. The molecular weight excluding hydrogens is 236 g/mol. The second-order valence-electron chi connectivity index (χ2n) is 5.02. The highest BCUT2D eigenvalue weighted by molar-refractivity contribution is 5.76. The van der Waals surface area contributed by atoms with Crippen LogP contribution >= 0.6 is 0 Å². The summed E-state index contributed by atoms with van der Waals surface area (Å²) < 4.78 is 5.26. The molecule has 2 amide bonds. The van der Waals surface area contributed by atoms with Gasteiger partial charge in [-0.1, -0.05) is 13.8 Å². The molecule has 2 atom stereocenters. The number of urea groups is 1. The minimum atomic E-state index is -0.899. The number of amides is 2. The van der Waals surface area contributed by atoms with Crippen LogP contribution in [-0.4, -0.2) is 53.8 Å². The number of carboxylic acids is 1. The van der Waals surface area contributed by atoms with E-state index in [2.05, 4.69) is 5.32 Å². The second kappa shape index (κ2) is 6.58. The van der Waals surface area contributed by atoms with Crippen molar-refractivity contribution in [1.82, 2.24) is 10.2 Å². The molecule has 6 heteroatoms. The zero-order chi connectivity index (χ0) is 13.7. The summed E-state index contributed by atoms with van der Waals surface area (Å²) in [7, 11) is 0. The topological polar surface area (TPSA) is 78.9 Å². The van der Waals surface area contributed by atoms with E-state index in [0.29, 0.717) is 19.8 Å². The van der Waals surface area contributed by atoms with Crippen molar-refractivity contribution in [2.24, 2.45) is 5.92 Å². The molecule has 0 radical (unpaired) electrons. The average Bonchev–Trinajstić information content (AvgIpc) is 2.27. The molecule has 0 spiro atoms. The van der Waals surface area contributed by atoms with Crippen LogP contribution in [0, 0.1) is 5.92 Å². The molecular formula is C12H22N2O4. The van der Waals surface area contributed by atoms with Gasteiger partial charge in [-0.25, -0.2) is 4.79 Å². The Morgan fingerprint density at radius 1 is 1.50 bits per heavy atom. The zero-order valence-electron chi connectivity index (χ0n) is 11.2. The van der Waals surface area contributed by atoms with Gasteiger partial charge < -0.3 is 20.1 Å². The van der Waals surface area contributed by atoms with Crippen molar-refractivity contribution in [3.8, 4) is 0 Å².